The lowest BCUT2D eigenvalue weighted by atomic mass is 10.1. The molecule has 1 heterocycles. The molecule has 1 aliphatic rings. The molecule has 2 unspecified atom stereocenters. The Kier molecular flexibility index (Phi) is 6.25. The van der Waals surface area contributed by atoms with E-state index >= 15 is 0 Å². The largest absolute Gasteiger partial charge is 0.312 e. The average molecular weight is 288 g/mol. The Hall–Kier alpha value is -0.860. The molecule has 2 heteroatoms. The lowest BCUT2D eigenvalue weighted by molar-refractivity contribution is 0.189. The number of nitrogens with zero attached hydrogens (tertiary/aromatic N) is 1. The molecule has 0 radical (unpaired) electrons. The predicted octanol–water partition coefficient (Wildman–Crippen LogP) is 4.20. The minimum Gasteiger partial charge on any atom is -0.312 e. The van der Waals surface area contributed by atoms with Gasteiger partial charge in [-0.15, -0.1) is 0 Å². The summed E-state index contributed by atoms with van der Waals surface area (Å²) in [6.45, 7) is 12.4. The minimum atomic E-state index is 0.712. The van der Waals surface area contributed by atoms with E-state index in [9.17, 15) is 0 Å². The van der Waals surface area contributed by atoms with Gasteiger partial charge in [-0.25, -0.2) is 0 Å². The van der Waals surface area contributed by atoms with Gasteiger partial charge in [0.15, 0.2) is 0 Å². The van der Waals surface area contributed by atoms with Crippen LogP contribution >= 0.6 is 0 Å². The van der Waals surface area contributed by atoms with Crippen molar-refractivity contribution < 1.29 is 0 Å². The maximum atomic E-state index is 3.54. The first-order valence-corrected chi connectivity index (χ1v) is 8.64. The fourth-order valence-electron chi connectivity index (χ4n) is 3.40. The quantitative estimate of drug-likeness (QED) is 0.809. The number of nitrogens with one attached hydrogen (secondary N) is 1. The number of hydrogen-bond donors (Lipinski definition) is 1. The van der Waals surface area contributed by atoms with Crippen LogP contribution in [0.5, 0.6) is 0 Å². The Morgan fingerprint density at radius 3 is 2.71 bits per heavy atom. The van der Waals surface area contributed by atoms with Gasteiger partial charge in [-0.05, 0) is 49.8 Å². The smallest absolute Gasteiger partial charge is 0.0239 e. The summed E-state index contributed by atoms with van der Waals surface area (Å²) < 4.78 is 0. The van der Waals surface area contributed by atoms with E-state index < -0.39 is 0 Å². The van der Waals surface area contributed by atoms with Gasteiger partial charge in [-0.3, -0.25) is 4.90 Å². The van der Waals surface area contributed by atoms with Crippen molar-refractivity contribution in [2.24, 2.45) is 5.92 Å². The minimum absolute atomic E-state index is 0.712. The molecule has 1 fully saturated rings. The van der Waals surface area contributed by atoms with Gasteiger partial charge in [0.2, 0.25) is 0 Å². The number of hydrogen-bond acceptors (Lipinski definition) is 2. The van der Waals surface area contributed by atoms with Crippen LogP contribution in [0, 0.1) is 5.92 Å². The van der Waals surface area contributed by atoms with Crippen molar-refractivity contribution in [3.05, 3.63) is 35.4 Å². The van der Waals surface area contributed by atoms with Crippen LogP contribution in [-0.4, -0.2) is 23.5 Å². The molecule has 0 saturated carbocycles. The summed E-state index contributed by atoms with van der Waals surface area (Å²) in [5.74, 6) is 0.712. The van der Waals surface area contributed by atoms with Crippen LogP contribution in [-0.2, 0) is 13.1 Å². The van der Waals surface area contributed by atoms with E-state index in [1.54, 1.807) is 0 Å². The standard InChI is InChI=1S/C19H32N2/c1-5-19-10-9-16(4)21(19)14-18-8-6-7-17(11-18)13-20-12-15(2)3/h6-8,11,15-16,19-20H,5,9-10,12-14H2,1-4H3. The van der Waals surface area contributed by atoms with Crippen LogP contribution in [0.3, 0.4) is 0 Å². The van der Waals surface area contributed by atoms with Crippen molar-refractivity contribution in [1.82, 2.24) is 10.2 Å². The van der Waals surface area contributed by atoms with Crippen molar-refractivity contribution >= 4 is 0 Å². The van der Waals surface area contributed by atoms with E-state index in [0.29, 0.717) is 5.92 Å². The van der Waals surface area contributed by atoms with Crippen LogP contribution in [0.25, 0.3) is 0 Å². The zero-order chi connectivity index (χ0) is 15.2. The van der Waals surface area contributed by atoms with Crippen molar-refractivity contribution in [3.8, 4) is 0 Å². The Bertz CT molecular complexity index is 427. The maximum absolute atomic E-state index is 3.54. The van der Waals surface area contributed by atoms with Gasteiger partial charge < -0.3 is 5.32 Å². The molecule has 1 aromatic carbocycles. The van der Waals surface area contributed by atoms with Crippen molar-refractivity contribution in [1.29, 1.82) is 0 Å². The number of likely N-dealkylation sites (tertiary alicyclic amines) is 1. The van der Waals surface area contributed by atoms with Crippen LogP contribution < -0.4 is 5.32 Å². The Labute approximate surface area is 130 Å². The highest BCUT2D eigenvalue weighted by Gasteiger charge is 2.28. The van der Waals surface area contributed by atoms with Gasteiger partial charge in [-0.1, -0.05) is 45.0 Å². The molecule has 1 saturated heterocycles. The van der Waals surface area contributed by atoms with Crippen LogP contribution in [0.1, 0.15) is 58.1 Å². The molecule has 0 amide bonds. The van der Waals surface area contributed by atoms with Gasteiger partial charge in [0.05, 0.1) is 0 Å². The van der Waals surface area contributed by atoms with Crippen LogP contribution in [0.15, 0.2) is 24.3 Å². The highest BCUT2D eigenvalue weighted by molar-refractivity contribution is 5.23. The van der Waals surface area contributed by atoms with Gasteiger partial charge >= 0.3 is 0 Å². The molecule has 0 aliphatic carbocycles. The Morgan fingerprint density at radius 1 is 1.24 bits per heavy atom. The van der Waals surface area contributed by atoms with Crippen LogP contribution in [0.2, 0.25) is 0 Å². The third-order valence-electron chi connectivity index (χ3n) is 4.66. The summed E-state index contributed by atoms with van der Waals surface area (Å²) >= 11 is 0. The molecule has 118 valence electrons. The van der Waals surface area contributed by atoms with E-state index in [1.165, 1.54) is 30.4 Å². The summed E-state index contributed by atoms with van der Waals surface area (Å²) in [4.78, 5) is 2.70. The topological polar surface area (TPSA) is 15.3 Å². The Balaban J connectivity index is 1.94. The Morgan fingerprint density at radius 2 is 2.00 bits per heavy atom. The monoisotopic (exact) mass is 288 g/mol. The molecule has 0 bridgehead atoms. The number of benzene rings is 1. The molecule has 2 nitrogen and oxygen atoms in total. The third kappa shape index (κ3) is 4.82. The van der Waals surface area contributed by atoms with Crippen molar-refractivity contribution in [3.63, 3.8) is 0 Å². The first-order valence-electron chi connectivity index (χ1n) is 8.64. The lowest BCUT2D eigenvalue weighted by Crippen LogP contribution is -2.33. The molecule has 1 N–H and O–H groups in total. The SMILES string of the molecule is CCC1CCC(C)N1Cc1cccc(CNCC(C)C)c1. The highest BCUT2D eigenvalue weighted by atomic mass is 15.2. The average Bonchev–Trinajstić information content (AvgIpc) is 2.80. The second-order valence-electron chi connectivity index (χ2n) is 7.01. The molecule has 2 rings (SSSR count). The van der Waals surface area contributed by atoms with Gasteiger partial charge in [0, 0.05) is 25.2 Å². The van der Waals surface area contributed by atoms with Crippen molar-refractivity contribution in [2.45, 2.75) is 72.1 Å². The van der Waals surface area contributed by atoms with E-state index in [2.05, 4.69) is 62.2 Å². The highest BCUT2D eigenvalue weighted by Crippen LogP contribution is 2.27. The molecule has 1 aliphatic heterocycles. The van der Waals surface area contributed by atoms with E-state index in [4.69, 9.17) is 0 Å². The summed E-state index contributed by atoms with van der Waals surface area (Å²) in [6, 6.07) is 10.6. The molecular weight excluding hydrogens is 256 g/mol. The van der Waals surface area contributed by atoms with Gasteiger partial charge in [-0.2, -0.15) is 0 Å². The first kappa shape index (κ1) is 16.5. The fourth-order valence-corrected chi connectivity index (χ4v) is 3.40. The fraction of sp³-hybridized carbons (Fsp3) is 0.684. The normalized spacial score (nSPS) is 23.1. The lowest BCUT2D eigenvalue weighted by Gasteiger charge is -2.28. The zero-order valence-corrected chi connectivity index (χ0v) is 14.2. The molecule has 0 spiro atoms. The van der Waals surface area contributed by atoms with Crippen molar-refractivity contribution in [2.75, 3.05) is 6.54 Å². The second-order valence-corrected chi connectivity index (χ2v) is 7.01. The second kappa shape index (κ2) is 7.95. The number of rotatable bonds is 7. The molecule has 1 aromatic rings. The summed E-state index contributed by atoms with van der Waals surface area (Å²) in [5.41, 5.74) is 2.87. The van der Waals surface area contributed by atoms with E-state index in [1.807, 2.05) is 0 Å². The molecular formula is C19H32N2. The zero-order valence-electron chi connectivity index (χ0n) is 14.2. The summed E-state index contributed by atoms with van der Waals surface area (Å²) in [7, 11) is 0. The predicted molar refractivity (Wildman–Crippen MR) is 91.3 cm³/mol. The molecule has 21 heavy (non-hydrogen) atoms. The maximum Gasteiger partial charge on any atom is 0.0239 e. The van der Waals surface area contributed by atoms with Gasteiger partial charge in [0.25, 0.3) is 0 Å². The summed E-state index contributed by atoms with van der Waals surface area (Å²) in [6.07, 6.45) is 4.00. The van der Waals surface area contributed by atoms with E-state index in [-0.39, 0.29) is 0 Å². The third-order valence-corrected chi connectivity index (χ3v) is 4.66. The molecule has 2 atom stereocenters. The molecule has 0 aromatic heterocycles. The van der Waals surface area contributed by atoms with Crippen LogP contribution in [0.4, 0.5) is 0 Å². The van der Waals surface area contributed by atoms with E-state index in [0.717, 1.165) is 31.7 Å². The van der Waals surface area contributed by atoms with Gasteiger partial charge in [0.1, 0.15) is 0 Å². The first-order chi connectivity index (χ1) is 10.1. The summed E-state index contributed by atoms with van der Waals surface area (Å²) in [5, 5.41) is 3.54.